The Bertz CT molecular complexity index is 1340. The predicted molar refractivity (Wildman–Crippen MR) is 133 cm³/mol. The molecule has 15 nitrogen and oxygen atoms in total. The number of hydrogen-bond donors (Lipinski definition) is 0. The van der Waals surface area contributed by atoms with E-state index in [1.165, 1.54) is 27.9 Å². The number of esters is 2. The molecule has 3 heterocycles. The van der Waals surface area contributed by atoms with E-state index in [2.05, 4.69) is 0 Å². The Kier molecular flexibility index (Phi) is 12.8. The Balaban J connectivity index is 0.00000274. The Hall–Kier alpha value is -3.68. The van der Waals surface area contributed by atoms with Crippen molar-refractivity contribution in [3.63, 3.8) is 0 Å². The van der Waals surface area contributed by atoms with Crippen LogP contribution >= 0.6 is 8.38 Å². The van der Waals surface area contributed by atoms with E-state index in [4.69, 9.17) is 45.0 Å². The van der Waals surface area contributed by atoms with Gasteiger partial charge in [0, 0.05) is 12.6 Å². The number of rotatable bonds is 14. The van der Waals surface area contributed by atoms with Crippen LogP contribution in [0.2, 0.25) is 0 Å². The quantitative estimate of drug-likeness (QED) is 0.194. The number of aryl methyl sites for hydroxylation is 3. The topological polar surface area (TPSA) is 201 Å². The van der Waals surface area contributed by atoms with Crippen molar-refractivity contribution >= 4 is 20.3 Å². The molecule has 0 aromatic carbocycles. The fraction of sp³-hybridized carbons (Fsp3) is 0.542. The summed E-state index contributed by atoms with van der Waals surface area (Å²) in [5, 5.41) is 0. The third kappa shape index (κ3) is 9.81. The van der Waals surface area contributed by atoms with Gasteiger partial charge in [-0.25, -0.2) is 14.4 Å². The van der Waals surface area contributed by atoms with Crippen molar-refractivity contribution < 1.29 is 54.6 Å². The number of hydrogen-bond acceptors (Lipinski definition) is 15. The molecule has 0 saturated heterocycles. The second-order valence-electron chi connectivity index (χ2n) is 7.78. The Labute approximate surface area is 228 Å². The van der Waals surface area contributed by atoms with E-state index < -0.39 is 43.7 Å². The van der Waals surface area contributed by atoms with Crippen LogP contribution in [-0.4, -0.2) is 25.2 Å². The summed E-state index contributed by atoms with van der Waals surface area (Å²) in [7, 11) is -0.702. The minimum Gasteiger partial charge on any atom is -0.469 e. The minimum absolute atomic E-state index is 0.00498. The first kappa shape index (κ1) is 32.5. The van der Waals surface area contributed by atoms with Crippen molar-refractivity contribution in [1.29, 1.82) is 0 Å². The predicted octanol–water partition coefficient (Wildman–Crippen LogP) is 3.63. The zero-order chi connectivity index (χ0) is 29.8. The highest BCUT2D eigenvalue weighted by molar-refractivity contribution is 7.47. The van der Waals surface area contributed by atoms with Crippen LogP contribution in [0.5, 0.6) is 0 Å². The average Bonchev–Trinajstić information content (AvgIpc) is 3.55. The molecule has 0 N–H and O–H groups in total. The van der Waals surface area contributed by atoms with E-state index >= 15 is 0 Å². The Morgan fingerprint density at radius 3 is 1.52 bits per heavy atom. The molecule has 0 aliphatic rings. The molecule has 0 radical (unpaired) electrons. The molecule has 40 heavy (non-hydrogen) atoms. The first-order valence-electron chi connectivity index (χ1n) is 12.1. The van der Waals surface area contributed by atoms with Crippen molar-refractivity contribution in [3.05, 3.63) is 66.4 Å². The van der Waals surface area contributed by atoms with E-state index in [9.17, 15) is 24.0 Å². The lowest BCUT2D eigenvalue weighted by Crippen LogP contribution is -2.22. The fourth-order valence-electron chi connectivity index (χ4n) is 3.06. The number of methoxy groups -OCH3 is 1. The van der Waals surface area contributed by atoms with Crippen LogP contribution in [0.25, 0.3) is 0 Å². The average molecular weight is 590 g/mol. The Morgan fingerprint density at radius 1 is 0.725 bits per heavy atom. The molecule has 0 fully saturated rings. The monoisotopic (exact) mass is 590 g/mol. The van der Waals surface area contributed by atoms with Crippen molar-refractivity contribution in [1.82, 2.24) is 0 Å². The van der Waals surface area contributed by atoms with E-state index in [1.807, 2.05) is 13.8 Å². The lowest BCUT2D eigenvalue weighted by Gasteiger charge is -2.21. The van der Waals surface area contributed by atoms with Gasteiger partial charge in [0.2, 0.25) is 0 Å². The molecule has 0 aliphatic carbocycles. The summed E-state index contributed by atoms with van der Waals surface area (Å²) in [4.78, 5) is 58.5. The van der Waals surface area contributed by atoms with Gasteiger partial charge < -0.3 is 45.0 Å². The maximum Gasteiger partial charge on any atom is 0.519 e. The fourth-order valence-corrected chi connectivity index (χ4v) is 4.56. The maximum atomic E-state index is 12.5. The molecular weight excluding hydrogens is 559 g/mol. The summed E-state index contributed by atoms with van der Waals surface area (Å²) < 4.78 is 50.4. The minimum atomic E-state index is -1.89. The van der Waals surface area contributed by atoms with Crippen LogP contribution in [0.15, 0.2) is 40.9 Å². The first-order valence-corrected chi connectivity index (χ1v) is 13.5. The molecule has 0 bridgehead atoms. The van der Waals surface area contributed by atoms with Crippen molar-refractivity contribution in [3.8, 4) is 0 Å². The van der Waals surface area contributed by atoms with Crippen LogP contribution in [0.1, 0.15) is 61.3 Å². The molecule has 16 heteroatoms. The number of ether oxygens (including phenoxy) is 2. The molecule has 0 aliphatic heterocycles. The third-order valence-electron chi connectivity index (χ3n) is 5.15. The summed E-state index contributed by atoms with van der Waals surface area (Å²) in [5.41, 5.74) is 0. The van der Waals surface area contributed by atoms with Crippen LogP contribution in [-0.2, 0) is 47.9 Å². The van der Waals surface area contributed by atoms with Gasteiger partial charge in [0.1, 0.15) is 24.7 Å². The van der Waals surface area contributed by atoms with Gasteiger partial charge in [-0.1, -0.05) is 13.8 Å². The van der Waals surface area contributed by atoms with E-state index in [1.54, 1.807) is 0 Å². The second kappa shape index (κ2) is 15.8. The number of carbonyl (C=O) groups excluding carboxylic acids is 2. The molecular formula is C24H31O15P. The molecule has 1 unspecified atom stereocenters. The van der Waals surface area contributed by atoms with Gasteiger partial charge in [-0.3, -0.25) is 9.59 Å². The van der Waals surface area contributed by atoms with Crippen LogP contribution < -0.4 is 17.5 Å². The lowest BCUT2D eigenvalue weighted by atomic mass is 10.1. The standard InChI is InChI=1S/C22H25O15P.C2H6/c1-11-15(35-20(25)32-11)7-29-18(23)6-5-14(19(24)28-4)10-38(30-8-16-12(2)33-21(26)36-16)31-9-17-13(3)34-22(27)37-17;1-2/h14H,5-10H2,1-4H3;1-2H3. The summed E-state index contributed by atoms with van der Waals surface area (Å²) >= 11 is 0. The largest absolute Gasteiger partial charge is 0.519 e. The highest BCUT2D eigenvalue weighted by Crippen LogP contribution is 2.43. The third-order valence-corrected chi connectivity index (χ3v) is 6.72. The molecule has 0 amide bonds. The van der Waals surface area contributed by atoms with Crippen molar-refractivity contribution in [2.75, 3.05) is 13.3 Å². The van der Waals surface area contributed by atoms with Gasteiger partial charge in [0.25, 0.3) is 0 Å². The van der Waals surface area contributed by atoms with Crippen molar-refractivity contribution in [2.24, 2.45) is 5.92 Å². The summed E-state index contributed by atoms with van der Waals surface area (Å²) in [5.74, 6) is -3.97. The second-order valence-corrected chi connectivity index (χ2v) is 9.33. The van der Waals surface area contributed by atoms with Gasteiger partial charge in [-0.2, -0.15) is 0 Å². The smallest absolute Gasteiger partial charge is 0.469 e. The molecule has 3 aromatic heterocycles. The Morgan fingerprint density at radius 2 is 1.15 bits per heavy atom. The lowest BCUT2D eigenvalue weighted by molar-refractivity contribution is -0.148. The molecule has 3 aromatic rings. The van der Waals surface area contributed by atoms with Crippen LogP contribution in [0.4, 0.5) is 0 Å². The number of carbonyl (C=O) groups is 2. The summed E-state index contributed by atoms with van der Waals surface area (Å²) in [6, 6.07) is 0. The van der Waals surface area contributed by atoms with Crippen LogP contribution in [0.3, 0.4) is 0 Å². The van der Waals surface area contributed by atoms with Crippen LogP contribution in [0, 0.1) is 26.7 Å². The van der Waals surface area contributed by atoms with Gasteiger partial charge in [-0.15, -0.1) is 0 Å². The SMILES string of the molecule is CC.COC(=O)C(CCC(=O)OCc1oc(=O)oc1C)CP(OCc1oc(=O)oc1C)OCc1oc(=O)oc1C. The normalized spacial score (nSPS) is 11.7. The van der Waals surface area contributed by atoms with Gasteiger partial charge in [-0.05, 0) is 27.2 Å². The zero-order valence-electron chi connectivity index (χ0n) is 22.9. The highest BCUT2D eigenvalue weighted by Gasteiger charge is 2.28. The van der Waals surface area contributed by atoms with E-state index in [0.29, 0.717) is 0 Å². The van der Waals surface area contributed by atoms with E-state index in [0.717, 1.165) is 0 Å². The summed E-state index contributed by atoms with van der Waals surface area (Å²) in [6.45, 7) is 7.74. The van der Waals surface area contributed by atoms with Gasteiger partial charge >= 0.3 is 29.4 Å². The highest BCUT2D eigenvalue weighted by atomic mass is 31.2. The van der Waals surface area contributed by atoms with Crippen molar-refractivity contribution in [2.45, 2.75) is 67.3 Å². The van der Waals surface area contributed by atoms with Gasteiger partial charge in [0.05, 0.1) is 13.0 Å². The first-order chi connectivity index (χ1) is 19.0. The zero-order valence-corrected chi connectivity index (χ0v) is 23.8. The molecule has 0 saturated carbocycles. The molecule has 222 valence electrons. The molecule has 0 spiro atoms. The van der Waals surface area contributed by atoms with E-state index in [-0.39, 0.29) is 73.4 Å². The molecule has 3 rings (SSSR count). The summed E-state index contributed by atoms with van der Waals surface area (Å²) in [6.07, 6.45) is -0.215. The molecule has 1 atom stereocenters. The maximum absolute atomic E-state index is 12.5. The van der Waals surface area contributed by atoms with Gasteiger partial charge in [0.15, 0.2) is 38.0 Å².